The van der Waals surface area contributed by atoms with Gasteiger partial charge in [-0.2, -0.15) is 0 Å². The third kappa shape index (κ3) is 4.62. The summed E-state index contributed by atoms with van der Waals surface area (Å²) in [6, 6.07) is 0.366. The van der Waals surface area contributed by atoms with Gasteiger partial charge in [0.15, 0.2) is 0 Å². The molecule has 1 saturated heterocycles. The SMILES string of the molecule is CCCCS(=O)CC(NC)C1CCOC1. The first-order valence-electron chi connectivity index (χ1n) is 5.88. The molecule has 1 fully saturated rings. The summed E-state index contributed by atoms with van der Waals surface area (Å²) in [4.78, 5) is 0. The Morgan fingerprint density at radius 2 is 2.40 bits per heavy atom. The fourth-order valence-corrected chi connectivity index (χ4v) is 3.53. The molecule has 1 aliphatic rings. The number of rotatable bonds is 7. The van der Waals surface area contributed by atoms with E-state index in [0.29, 0.717) is 12.0 Å². The van der Waals surface area contributed by atoms with Crippen LogP contribution >= 0.6 is 0 Å². The molecule has 3 unspecified atom stereocenters. The van der Waals surface area contributed by atoms with Gasteiger partial charge in [0, 0.05) is 40.9 Å². The van der Waals surface area contributed by atoms with E-state index in [4.69, 9.17) is 4.74 Å². The summed E-state index contributed by atoms with van der Waals surface area (Å²) in [6.07, 6.45) is 3.31. The van der Waals surface area contributed by atoms with Crippen LogP contribution in [-0.2, 0) is 15.5 Å². The monoisotopic (exact) mass is 233 g/mol. The van der Waals surface area contributed by atoms with E-state index in [2.05, 4.69) is 12.2 Å². The third-order valence-electron chi connectivity index (χ3n) is 3.00. The first-order valence-corrected chi connectivity index (χ1v) is 7.36. The highest BCUT2D eigenvalue weighted by atomic mass is 32.2. The van der Waals surface area contributed by atoms with E-state index >= 15 is 0 Å². The smallest absolute Gasteiger partial charge is 0.0510 e. The maximum absolute atomic E-state index is 11.8. The van der Waals surface area contributed by atoms with Crippen LogP contribution in [0, 0.1) is 5.92 Å². The van der Waals surface area contributed by atoms with Crippen LogP contribution in [0.2, 0.25) is 0 Å². The van der Waals surface area contributed by atoms with Gasteiger partial charge in [0.1, 0.15) is 0 Å². The first-order chi connectivity index (χ1) is 7.27. The average molecular weight is 233 g/mol. The zero-order valence-electron chi connectivity index (χ0n) is 9.83. The van der Waals surface area contributed by atoms with Crippen molar-refractivity contribution in [2.45, 2.75) is 32.2 Å². The van der Waals surface area contributed by atoms with E-state index in [0.717, 1.165) is 44.0 Å². The summed E-state index contributed by atoms with van der Waals surface area (Å²) in [6.45, 7) is 3.83. The summed E-state index contributed by atoms with van der Waals surface area (Å²) in [5, 5.41) is 3.28. The number of unbranched alkanes of at least 4 members (excludes halogenated alkanes) is 1. The lowest BCUT2D eigenvalue weighted by Crippen LogP contribution is -2.39. The predicted molar refractivity (Wildman–Crippen MR) is 64.6 cm³/mol. The molecular weight excluding hydrogens is 210 g/mol. The zero-order chi connectivity index (χ0) is 11.1. The predicted octanol–water partition coefficient (Wildman–Crippen LogP) is 1.16. The number of hydrogen-bond donors (Lipinski definition) is 1. The van der Waals surface area contributed by atoms with Crippen molar-refractivity contribution >= 4 is 10.8 Å². The summed E-state index contributed by atoms with van der Waals surface area (Å²) < 4.78 is 17.1. The zero-order valence-corrected chi connectivity index (χ0v) is 10.6. The Morgan fingerprint density at radius 1 is 1.60 bits per heavy atom. The fourth-order valence-electron chi connectivity index (χ4n) is 1.91. The van der Waals surface area contributed by atoms with Gasteiger partial charge in [0.25, 0.3) is 0 Å². The van der Waals surface area contributed by atoms with E-state index in [1.807, 2.05) is 7.05 Å². The Balaban J connectivity index is 2.28. The minimum Gasteiger partial charge on any atom is -0.381 e. The Hall–Kier alpha value is 0.0700. The number of hydrogen-bond acceptors (Lipinski definition) is 3. The molecule has 0 radical (unpaired) electrons. The maximum Gasteiger partial charge on any atom is 0.0510 e. The molecule has 0 spiro atoms. The van der Waals surface area contributed by atoms with Gasteiger partial charge in [-0.15, -0.1) is 0 Å². The second kappa shape index (κ2) is 7.36. The van der Waals surface area contributed by atoms with Crippen LogP contribution in [0.15, 0.2) is 0 Å². The van der Waals surface area contributed by atoms with Crippen LogP contribution in [0.1, 0.15) is 26.2 Å². The largest absolute Gasteiger partial charge is 0.381 e. The van der Waals surface area contributed by atoms with Gasteiger partial charge in [0.2, 0.25) is 0 Å². The summed E-state index contributed by atoms with van der Waals surface area (Å²) >= 11 is 0. The standard InChI is InChI=1S/C11H23NO2S/c1-3-4-7-15(13)9-11(12-2)10-5-6-14-8-10/h10-12H,3-9H2,1-2H3. The molecule has 3 atom stereocenters. The van der Waals surface area contributed by atoms with Gasteiger partial charge in [-0.3, -0.25) is 4.21 Å². The van der Waals surface area contributed by atoms with Crippen LogP contribution in [-0.4, -0.2) is 42.0 Å². The second-order valence-corrected chi connectivity index (χ2v) is 5.80. The van der Waals surface area contributed by atoms with E-state index in [1.165, 1.54) is 0 Å². The Kier molecular flexibility index (Phi) is 6.45. The second-order valence-electron chi connectivity index (χ2n) is 4.18. The fraction of sp³-hybridized carbons (Fsp3) is 1.00. The minimum absolute atomic E-state index is 0.366. The van der Waals surface area contributed by atoms with E-state index < -0.39 is 10.8 Å². The molecular formula is C11H23NO2S. The van der Waals surface area contributed by atoms with E-state index in [9.17, 15) is 4.21 Å². The molecule has 0 aromatic carbocycles. The van der Waals surface area contributed by atoms with Gasteiger partial charge in [-0.25, -0.2) is 0 Å². The van der Waals surface area contributed by atoms with Crippen molar-refractivity contribution < 1.29 is 8.95 Å². The van der Waals surface area contributed by atoms with Gasteiger partial charge >= 0.3 is 0 Å². The van der Waals surface area contributed by atoms with Crippen LogP contribution in [0.3, 0.4) is 0 Å². The molecule has 3 nitrogen and oxygen atoms in total. The number of nitrogens with one attached hydrogen (secondary N) is 1. The van der Waals surface area contributed by atoms with Crippen molar-refractivity contribution in [3.8, 4) is 0 Å². The average Bonchev–Trinajstić information content (AvgIpc) is 2.76. The highest BCUT2D eigenvalue weighted by molar-refractivity contribution is 7.85. The van der Waals surface area contributed by atoms with Crippen molar-refractivity contribution in [1.29, 1.82) is 0 Å². The van der Waals surface area contributed by atoms with Crippen LogP contribution < -0.4 is 5.32 Å². The van der Waals surface area contributed by atoms with Gasteiger partial charge in [0.05, 0.1) is 6.61 Å². The Morgan fingerprint density at radius 3 is 2.93 bits per heavy atom. The topological polar surface area (TPSA) is 38.3 Å². The van der Waals surface area contributed by atoms with Crippen LogP contribution in [0.25, 0.3) is 0 Å². The molecule has 4 heteroatoms. The lowest BCUT2D eigenvalue weighted by molar-refractivity contribution is 0.179. The lowest BCUT2D eigenvalue weighted by atomic mass is 10.0. The molecule has 0 amide bonds. The van der Waals surface area contributed by atoms with Crippen molar-refractivity contribution in [3.63, 3.8) is 0 Å². The minimum atomic E-state index is -0.664. The summed E-state index contributed by atoms with van der Waals surface area (Å²) in [5.74, 6) is 2.19. The maximum atomic E-state index is 11.8. The van der Waals surface area contributed by atoms with Gasteiger partial charge in [-0.05, 0) is 19.9 Å². The molecule has 0 saturated carbocycles. The van der Waals surface area contributed by atoms with Crippen molar-refractivity contribution in [2.24, 2.45) is 5.92 Å². The quantitative estimate of drug-likeness (QED) is 0.717. The summed E-state index contributed by atoms with van der Waals surface area (Å²) in [5.41, 5.74) is 0. The van der Waals surface area contributed by atoms with Gasteiger partial charge < -0.3 is 10.1 Å². The molecule has 1 rings (SSSR count). The molecule has 0 aliphatic carbocycles. The molecule has 1 aliphatic heterocycles. The Labute approximate surface area is 95.4 Å². The Bertz CT molecular complexity index is 193. The van der Waals surface area contributed by atoms with E-state index in [-0.39, 0.29) is 0 Å². The van der Waals surface area contributed by atoms with Crippen LogP contribution in [0.4, 0.5) is 0 Å². The molecule has 1 N–H and O–H groups in total. The third-order valence-corrected chi connectivity index (χ3v) is 4.47. The normalized spacial score (nSPS) is 25.3. The molecule has 1 heterocycles. The molecule has 15 heavy (non-hydrogen) atoms. The number of ether oxygens (including phenoxy) is 1. The summed E-state index contributed by atoms with van der Waals surface area (Å²) in [7, 11) is 1.29. The van der Waals surface area contributed by atoms with Crippen LogP contribution in [0.5, 0.6) is 0 Å². The highest BCUT2D eigenvalue weighted by Gasteiger charge is 2.25. The van der Waals surface area contributed by atoms with E-state index in [1.54, 1.807) is 0 Å². The first kappa shape index (κ1) is 13.1. The molecule has 90 valence electrons. The van der Waals surface area contributed by atoms with Crippen molar-refractivity contribution in [1.82, 2.24) is 5.32 Å². The molecule has 0 aromatic rings. The highest BCUT2D eigenvalue weighted by Crippen LogP contribution is 2.17. The molecule has 0 bridgehead atoms. The van der Waals surface area contributed by atoms with Crippen molar-refractivity contribution in [2.75, 3.05) is 31.8 Å². The molecule has 0 aromatic heterocycles. The lowest BCUT2D eigenvalue weighted by Gasteiger charge is -2.21. The van der Waals surface area contributed by atoms with Crippen molar-refractivity contribution in [3.05, 3.63) is 0 Å². The van der Waals surface area contributed by atoms with Gasteiger partial charge in [-0.1, -0.05) is 13.3 Å².